The Balaban J connectivity index is 1.89. The molecule has 2 N–H and O–H groups in total. The number of benzene rings is 2. The maximum absolute atomic E-state index is 10.8. The summed E-state index contributed by atoms with van der Waals surface area (Å²) in [6.07, 6.45) is 3.33. The van der Waals surface area contributed by atoms with Gasteiger partial charge in [-0.25, -0.2) is 0 Å². The molecule has 0 atom stereocenters. The summed E-state index contributed by atoms with van der Waals surface area (Å²) >= 11 is 0. The van der Waals surface area contributed by atoms with Crippen LogP contribution in [0.4, 0.5) is 11.4 Å². The summed E-state index contributed by atoms with van der Waals surface area (Å²) in [5, 5.41) is 39.2. The smallest absolute Gasteiger partial charge is 0.231 e. The molecule has 0 saturated heterocycles. The molecule has 2 aromatic rings. The summed E-state index contributed by atoms with van der Waals surface area (Å²) in [6, 6.07) is 9.13. The quantitative estimate of drug-likeness (QED) is 0.654. The standard InChI is InChI=1S/C15H12N2O6/c18-16(19)12-5-4-11(13(8-12)17(20)21)3-1-10-2-6-14-15(7-10)23-9-22-14/h1-8,20-21H,9H2/q-2. The molecule has 0 amide bonds. The molecular formula is C15H12N2O6-2. The van der Waals surface area contributed by atoms with E-state index in [0.717, 1.165) is 11.6 Å². The van der Waals surface area contributed by atoms with Crippen molar-refractivity contribution in [3.8, 4) is 11.5 Å². The van der Waals surface area contributed by atoms with Gasteiger partial charge in [-0.2, -0.15) is 0 Å². The summed E-state index contributed by atoms with van der Waals surface area (Å²) in [7, 11) is 0. The summed E-state index contributed by atoms with van der Waals surface area (Å²) in [5.74, 6) is 1.29. The molecule has 120 valence electrons. The van der Waals surface area contributed by atoms with Crippen molar-refractivity contribution in [3.05, 3.63) is 57.9 Å². The fourth-order valence-corrected chi connectivity index (χ4v) is 2.16. The van der Waals surface area contributed by atoms with Crippen LogP contribution in [0.15, 0.2) is 36.4 Å². The van der Waals surface area contributed by atoms with Gasteiger partial charge in [0, 0.05) is 11.3 Å². The molecule has 0 aromatic heterocycles. The number of hydrogen-bond donors (Lipinski definition) is 2. The fourth-order valence-electron chi connectivity index (χ4n) is 2.16. The Hall–Kier alpha value is -2.78. The van der Waals surface area contributed by atoms with Crippen LogP contribution in [0.3, 0.4) is 0 Å². The summed E-state index contributed by atoms with van der Waals surface area (Å²) < 4.78 is 10.5. The zero-order chi connectivity index (χ0) is 16.4. The van der Waals surface area contributed by atoms with Gasteiger partial charge in [-0.05, 0) is 29.8 Å². The van der Waals surface area contributed by atoms with E-state index in [9.17, 15) is 20.8 Å². The Morgan fingerprint density at radius 2 is 1.74 bits per heavy atom. The topological polar surface area (TPSA) is 112 Å². The second-order valence-corrected chi connectivity index (χ2v) is 4.74. The van der Waals surface area contributed by atoms with Gasteiger partial charge in [-0.15, -0.1) is 5.23 Å². The Kier molecular flexibility index (Phi) is 4.04. The zero-order valence-corrected chi connectivity index (χ0v) is 11.7. The Bertz CT molecular complexity index is 745. The number of fused-ring (bicyclic) bond motifs is 1. The van der Waals surface area contributed by atoms with Crippen molar-refractivity contribution in [2.45, 2.75) is 0 Å². The van der Waals surface area contributed by atoms with Crippen LogP contribution in [0.25, 0.3) is 12.2 Å². The number of ether oxygens (including phenoxy) is 2. The third-order valence-corrected chi connectivity index (χ3v) is 3.29. The maximum atomic E-state index is 10.8. The predicted octanol–water partition coefficient (Wildman–Crippen LogP) is 2.97. The monoisotopic (exact) mass is 316 g/mol. The van der Waals surface area contributed by atoms with E-state index >= 15 is 0 Å². The molecule has 1 aliphatic rings. The molecule has 2 aromatic carbocycles. The van der Waals surface area contributed by atoms with E-state index in [2.05, 4.69) is 0 Å². The Morgan fingerprint density at radius 1 is 0.957 bits per heavy atom. The average Bonchev–Trinajstić information content (AvgIpc) is 3.00. The lowest BCUT2D eigenvalue weighted by Crippen LogP contribution is -2.13. The highest BCUT2D eigenvalue weighted by atomic mass is 16.8. The van der Waals surface area contributed by atoms with E-state index in [1.165, 1.54) is 12.1 Å². The summed E-state index contributed by atoms with van der Waals surface area (Å²) in [4.78, 5) is 0. The van der Waals surface area contributed by atoms with Gasteiger partial charge in [0.2, 0.25) is 6.79 Å². The lowest BCUT2D eigenvalue weighted by molar-refractivity contribution is 0.0291. The molecule has 1 heterocycles. The summed E-state index contributed by atoms with van der Waals surface area (Å²) in [5.41, 5.74) is 0.865. The lowest BCUT2D eigenvalue weighted by Gasteiger charge is -2.37. The second-order valence-electron chi connectivity index (χ2n) is 4.74. The van der Waals surface area contributed by atoms with Crippen molar-refractivity contribution in [1.29, 1.82) is 0 Å². The van der Waals surface area contributed by atoms with Crippen molar-refractivity contribution in [1.82, 2.24) is 0 Å². The van der Waals surface area contributed by atoms with Gasteiger partial charge in [0.25, 0.3) is 0 Å². The van der Waals surface area contributed by atoms with E-state index in [-0.39, 0.29) is 23.4 Å². The molecule has 0 fully saturated rings. The molecule has 0 saturated carbocycles. The van der Waals surface area contributed by atoms with Crippen molar-refractivity contribution in [2.24, 2.45) is 0 Å². The number of hydrogen-bond acceptors (Lipinski definition) is 8. The van der Waals surface area contributed by atoms with Crippen LogP contribution in [-0.4, -0.2) is 17.2 Å². The van der Waals surface area contributed by atoms with Crippen molar-refractivity contribution in [2.75, 3.05) is 17.2 Å². The molecule has 23 heavy (non-hydrogen) atoms. The highest BCUT2D eigenvalue weighted by molar-refractivity contribution is 5.79. The maximum Gasteiger partial charge on any atom is 0.231 e. The first kappa shape index (κ1) is 15.1. The summed E-state index contributed by atoms with van der Waals surface area (Å²) in [6.45, 7) is 0.180. The first-order chi connectivity index (χ1) is 11.0. The highest BCUT2D eigenvalue weighted by Crippen LogP contribution is 2.33. The third kappa shape index (κ3) is 3.20. The number of rotatable bonds is 4. The van der Waals surface area contributed by atoms with Gasteiger partial charge in [0.05, 0.1) is 0 Å². The third-order valence-electron chi connectivity index (χ3n) is 3.29. The highest BCUT2D eigenvalue weighted by Gasteiger charge is 2.12. The van der Waals surface area contributed by atoms with Crippen LogP contribution >= 0.6 is 0 Å². The first-order valence-electron chi connectivity index (χ1n) is 6.58. The molecule has 0 unspecified atom stereocenters. The van der Waals surface area contributed by atoms with Gasteiger partial charge in [0.15, 0.2) is 11.5 Å². The SMILES string of the molecule is [O-]N([O-])c1ccc(C=Cc2ccc3c(c2)OCO3)c(N(O)O)c1. The normalized spacial score (nSPS) is 12.7. The van der Waals surface area contributed by atoms with Gasteiger partial charge in [0.1, 0.15) is 5.69 Å². The van der Waals surface area contributed by atoms with Crippen LogP contribution in [-0.2, 0) is 0 Å². The van der Waals surface area contributed by atoms with Crippen LogP contribution < -0.4 is 19.9 Å². The van der Waals surface area contributed by atoms with Crippen LogP contribution in [0, 0.1) is 10.4 Å². The molecule has 1 aliphatic heterocycles. The largest absolute Gasteiger partial charge is 0.769 e. The van der Waals surface area contributed by atoms with E-state index in [1.807, 2.05) is 6.07 Å². The Morgan fingerprint density at radius 3 is 2.48 bits per heavy atom. The van der Waals surface area contributed by atoms with E-state index in [1.54, 1.807) is 24.3 Å². The van der Waals surface area contributed by atoms with Crippen LogP contribution in [0.2, 0.25) is 0 Å². The number of anilines is 2. The molecule has 0 aliphatic carbocycles. The minimum Gasteiger partial charge on any atom is -0.769 e. The second kappa shape index (κ2) is 6.15. The molecule has 0 bridgehead atoms. The van der Waals surface area contributed by atoms with E-state index in [0.29, 0.717) is 17.1 Å². The molecule has 8 heteroatoms. The van der Waals surface area contributed by atoms with Crippen molar-refractivity contribution < 1.29 is 19.9 Å². The molecule has 3 rings (SSSR count). The first-order valence-corrected chi connectivity index (χ1v) is 6.58. The number of nitrogens with zero attached hydrogens (tertiary/aromatic N) is 2. The van der Waals surface area contributed by atoms with Gasteiger partial charge >= 0.3 is 0 Å². The predicted molar refractivity (Wildman–Crippen MR) is 83.2 cm³/mol. The molecule has 0 radical (unpaired) electrons. The van der Waals surface area contributed by atoms with Crippen LogP contribution in [0.1, 0.15) is 11.1 Å². The van der Waals surface area contributed by atoms with Gasteiger partial charge in [-0.1, -0.05) is 24.3 Å². The van der Waals surface area contributed by atoms with Gasteiger partial charge < -0.3 is 25.1 Å². The molecular weight excluding hydrogens is 304 g/mol. The molecule has 8 nitrogen and oxygen atoms in total. The Labute approximate surface area is 131 Å². The zero-order valence-electron chi connectivity index (χ0n) is 11.7. The minimum atomic E-state index is -0.613. The fraction of sp³-hybridized carbons (Fsp3) is 0.0667. The minimum absolute atomic E-state index is 0.101. The van der Waals surface area contributed by atoms with E-state index in [4.69, 9.17) is 9.47 Å². The average molecular weight is 316 g/mol. The molecule has 0 spiro atoms. The van der Waals surface area contributed by atoms with Crippen molar-refractivity contribution >= 4 is 23.5 Å². The van der Waals surface area contributed by atoms with Crippen molar-refractivity contribution in [3.63, 3.8) is 0 Å². The lowest BCUT2D eigenvalue weighted by atomic mass is 10.1. The van der Waals surface area contributed by atoms with Crippen LogP contribution in [0.5, 0.6) is 11.5 Å². The van der Waals surface area contributed by atoms with Gasteiger partial charge in [-0.3, -0.25) is 10.4 Å². The van der Waals surface area contributed by atoms with E-state index < -0.39 is 5.23 Å².